The van der Waals surface area contributed by atoms with Gasteiger partial charge < -0.3 is 15.2 Å². The fourth-order valence-corrected chi connectivity index (χ4v) is 2.84. The van der Waals surface area contributed by atoms with Crippen molar-refractivity contribution in [2.75, 3.05) is 0 Å². The van der Waals surface area contributed by atoms with Gasteiger partial charge in [0.15, 0.2) is 0 Å². The van der Waals surface area contributed by atoms with Gasteiger partial charge >= 0.3 is 12.1 Å². The average Bonchev–Trinajstić information content (AvgIpc) is 3.11. The highest BCUT2D eigenvalue weighted by Crippen LogP contribution is 2.39. The van der Waals surface area contributed by atoms with Crippen LogP contribution in [-0.2, 0) is 17.4 Å². The number of hydrogen-bond donors (Lipinski definition) is 2. The Balaban J connectivity index is 2.19. The standard InChI is InChI=1S/C18H13F3N4O2/c19-18(20,21)14-7-10(9-22)1-3-12(14)13-4-2-11(8-15(23)17(26)27)25-6-5-24-16(13)25/h1-7,15H,8,23H2,(H,26,27). The number of carboxylic acids is 1. The van der Waals surface area contributed by atoms with Gasteiger partial charge in [-0.2, -0.15) is 18.4 Å². The van der Waals surface area contributed by atoms with Crippen LogP contribution >= 0.6 is 0 Å². The maximum absolute atomic E-state index is 13.5. The second-order valence-corrected chi connectivity index (χ2v) is 5.88. The molecule has 0 saturated heterocycles. The number of pyridine rings is 1. The maximum atomic E-state index is 13.5. The van der Waals surface area contributed by atoms with Crippen molar-refractivity contribution in [3.63, 3.8) is 0 Å². The Hall–Kier alpha value is -3.38. The Kier molecular flexibility index (Phi) is 4.59. The highest BCUT2D eigenvalue weighted by atomic mass is 19.4. The summed E-state index contributed by atoms with van der Waals surface area (Å²) >= 11 is 0. The van der Waals surface area contributed by atoms with Gasteiger partial charge in [0.25, 0.3) is 0 Å². The molecule has 9 heteroatoms. The molecule has 0 amide bonds. The number of carboxylic acid groups (broad SMARTS) is 1. The highest BCUT2D eigenvalue weighted by Gasteiger charge is 2.34. The monoisotopic (exact) mass is 374 g/mol. The van der Waals surface area contributed by atoms with Gasteiger partial charge in [-0.1, -0.05) is 6.07 Å². The lowest BCUT2D eigenvalue weighted by Crippen LogP contribution is -2.32. The zero-order valence-electron chi connectivity index (χ0n) is 13.7. The quantitative estimate of drug-likeness (QED) is 0.731. The molecule has 1 aromatic carbocycles. The molecule has 1 atom stereocenters. The van der Waals surface area contributed by atoms with E-state index in [1.165, 1.54) is 41.1 Å². The second kappa shape index (κ2) is 6.74. The first-order chi connectivity index (χ1) is 12.7. The van der Waals surface area contributed by atoms with E-state index in [2.05, 4.69) is 4.98 Å². The first-order valence-electron chi connectivity index (χ1n) is 7.77. The molecule has 2 aromatic heterocycles. The van der Waals surface area contributed by atoms with Crippen molar-refractivity contribution in [2.45, 2.75) is 18.6 Å². The molecule has 3 N–H and O–H groups in total. The molecule has 0 saturated carbocycles. The van der Waals surface area contributed by atoms with Crippen molar-refractivity contribution in [3.8, 4) is 17.2 Å². The van der Waals surface area contributed by atoms with Crippen molar-refractivity contribution in [1.29, 1.82) is 5.26 Å². The zero-order valence-corrected chi connectivity index (χ0v) is 13.7. The van der Waals surface area contributed by atoms with Crippen molar-refractivity contribution in [2.24, 2.45) is 5.73 Å². The number of aliphatic carboxylic acids is 1. The largest absolute Gasteiger partial charge is 0.480 e. The van der Waals surface area contributed by atoms with E-state index in [0.29, 0.717) is 5.69 Å². The minimum absolute atomic E-state index is 0.0119. The number of fused-ring (bicyclic) bond motifs is 1. The SMILES string of the molecule is N#Cc1ccc(-c2ccc(CC(N)C(=O)O)n3ccnc23)c(C(F)(F)F)c1. The number of nitriles is 1. The van der Waals surface area contributed by atoms with E-state index >= 15 is 0 Å². The van der Waals surface area contributed by atoms with Crippen LogP contribution in [0.2, 0.25) is 0 Å². The van der Waals surface area contributed by atoms with E-state index in [4.69, 9.17) is 16.1 Å². The van der Waals surface area contributed by atoms with Crippen LogP contribution in [0.5, 0.6) is 0 Å². The molecule has 138 valence electrons. The number of halogens is 3. The molecule has 0 bridgehead atoms. The van der Waals surface area contributed by atoms with Gasteiger partial charge in [-0.05, 0) is 29.8 Å². The van der Waals surface area contributed by atoms with Gasteiger partial charge in [0.2, 0.25) is 0 Å². The molecule has 0 aliphatic rings. The van der Waals surface area contributed by atoms with Gasteiger partial charge in [-0.15, -0.1) is 0 Å². The summed E-state index contributed by atoms with van der Waals surface area (Å²) in [7, 11) is 0. The molecule has 0 spiro atoms. The number of imidazole rings is 1. The third-order valence-corrected chi connectivity index (χ3v) is 4.12. The third kappa shape index (κ3) is 3.47. The van der Waals surface area contributed by atoms with E-state index < -0.39 is 23.8 Å². The van der Waals surface area contributed by atoms with Gasteiger partial charge in [-0.25, -0.2) is 4.98 Å². The van der Waals surface area contributed by atoms with Crippen LogP contribution < -0.4 is 5.73 Å². The Morgan fingerprint density at radius 1 is 1.30 bits per heavy atom. The van der Waals surface area contributed by atoms with Crippen LogP contribution in [0.1, 0.15) is 16.8 Å². The number of benzene rings is 1. The van der Waals surface area contributed by atoms with Crippen LogP contribution in [-0.4, -0.2) is 26.5 Å². The van der Waals surface area contributed by atoms with Gasteiger partial charge in [-0.3, -0.25) is 4.79 Å². The molecule has 2 heterocycles. The summed E-state index contributed by atoms with van der Waals surface area (Å²) < 4.78 is 42.0. The lowest BCUT2D eigenvalue weighted by atomic mass is 9.97. The minimum Gasteiger partial charge on any atom is -0.480 e. The molecule has 27 heavy (non-hydrogen) atoms. The molecule has 6 nitrogen and oxygen atoms in total. The van der Waals surface area contributed by atoms with Crippen molar-refractivity contribution in [3.05, 3.63) is 59.5 Å². The van der Waals surface area contributed by atoms with Crippen molar-refractivity contribution in [1.82, 2.24) is 9.38 Å². The first kappa shape index (κ1) is 18.4. The van der Waals surface area contributed by atoms with E-state index in [0.717, 1.165) is 6.07 Å². The maximum Gasteiger partial charge on any atom is 0.417 e. The number of aromatic nitrogens is 2. The number of alkyl halides is 3. The van der Waals surface area contributed by atoms with Crippen LogP contribution in [0, 0.1) is 11.3 Å². The molecule has 1 unspecified atom stereocenters. The Morgan fingerprint density at radius 2 is 2.00 bits per heavy atom. The van der Waals surface area contributed by atoms with Crippen molar-refractivity contribution < 1.29 is 23.1 Å². The smallest absolute Gasteiger partial charge is 0.417 e. The Morgan fingerprint density at radius 3 is 2.63 bits per heavy atom. The van der Waals surface area contributed by atoms with Gasteiger partial charge in [0.05, 0.1) is 17.2 Å². The fourth-order valence-electron chi connectivity index (χ4n) is 2.84. The summed E-state index contributed by atoms with van der Waals surface area (Å²) in [5, 5.41) is 17.9. The van der Waals surface area contributed by atoms with Crippen molar-refractivity contribution >= 4 is 11.6 Å². The molecule has 0 aliphatic carbocycles. The number of hydrogen-bond acceptors (Lipinski definition) is 4. The predicted octanol–water partition coefficient (Wildman–Crippen LogP) is 2.85. The summed E-state index contributed by atoms with van der Waals surface area (Å²) in [6.45, 7) is 0. The van der Waals surface area contributed by atoms with Crippen LogP contribution in [0.25, 0.3) is 16.8 Å². The molecular weight excluding hydrogens is 361 g/mol. The molecule has 0 radical (unpaired) electrons. The molecule has 3 aromatic rings. The third-order valence-electron chi connectivity index (χ3n) is 4.12. The topological polar surface area (TPSA) is 104 Å². The van der Waals surface area contributed by atoms with Crippen LogP contribution in [0.4, 0.5) is 13.2 Å². The molecule has 3 rings (SSSR count). The lowest BCUT2D eigenvalue weighted by Gasteiger charge is -2.16. The molecule has 0 aliphatic heterocycles. The summed E-state index contributed by atoms with van der Waals surface area (Å²) in [4.78, 5) is 15.1. The Bertz CT molecular complexity index is 1070. The van der Waals surface area contributed by atoms with E-state index in [-0.39, 0.29) is 28.8 Å². The van der Waals surface area contributed by atoms with Gasteiger partial charge in [0, 0.05) is 30.1 Å². The number of carbonyl (C=O) groups is 1. The molecule has 0 fully saturated rings. The Labute approximate surface area is 151 Å². The summed E-state index contributed by atoms with van der Waals surface area (Å²) in [5.74, 6) is -1.18. The highest BCUT2D eigenvalue weighted by molar-refractivity contribution is 5.81. The number of nitrogens with zero attached hydrogens (tertiary/aromatic N) is 3. The van der Waals surface area contributed by atoms with Crippen LogP contribution in [0.15, 0.2) is 42.7 Å². The normalized spacial score (nSPS) is 12.7. The van der Waals surface area contributed by atoms with E-state index in [9.17, 15) is 18.0 Å². The second-order valence-electron chi connectivity index (χ2n) is 5.88. The lowest BCUT2D eigenvalue weighted by molar-refractivity contribution is -0.138. The predicted molar refractivity (Wildman–Crippen MR) is 89.7 cm³/mol. The van der Waals surface area contributed by atoms with Crippen LogP contribution in [0.3, 0.4) is 0 Å². The first-order valence-corrected chi connectivity index (χ1v) is 7.77. The fraction of sp³-hybridized carbons (Fsp3) is 0.167. The summed E-state index contributed by atoms with van der Waals surface area (Å²) in [5.41, 5.74) is 5.35. The number of nitrogens with two attached hydrogens (primary N) is 1. The minimum atomic E-state index is -4.66. The summed E-state index contributed by atoms with van der Waals surface area (Å²) in [6.07, 6.45) is -1.73. The van der Waals surface area contributed by atoms with E-state index in [1.807, 2.05) is 0 Å². The zero-order chi connectivity index (χ0) is 19.8. The van der Waals surface area contributed by atoms with E-state index in [1.54, 1.807) is 6.07 Å². The molecular formula is C18H13F3N4O2. The number of rotatable bonds is 4. The van der Waals surface area contributed by atoms with Gasteiger partial charge in [0.1, 0.15) is 11.7 Å². The summed E-state index contributed by atoms with van der Waals surface area (Å²) in [6, 6.07) is 6.85. The average molecular weight is 374 g/mol.